The van der Waals surface area contributed by atoms with Crippen molar-refractivity contribution in [2.24, 2.45) is 0 Å². The molecule has 1 saturated heterocycles. The number of benzene rings is 1. The van der Waals surface area contributed by atoms with Crippen LogP contribution in [0.5, 0.6) is 0 Å². The fourth-order valence-electron chi connectivity index (χ4n) is 2.92. The van der Waals surface area contributed by atoms with Gasteiger partial charge in [-0.05, 0) is 25.5 Å². The smallest absolute Gasteiger partial charge is 0.210 e. The van der Waals surface area contributed by atoms with Gasteiger partial charge in [0.15, 0.2) is 0 Å². The Morgan fingerprint density at radius 2 is 2.00 bits per heavy atom. The maximum atomic E-state index is 11.1. The zero-order chi connectivity index (χ0) is 14.7. The first-order chi connectivity index (χ1) is 9.56. The summed E-state index contributed by atoms with van der Waals surface area (Å²) < 4.78 is 0. The van der Waals surface area contributed by atoms with Gasteiger partial charge in [-0.1, -0.05) is 23.7 Å². The van der Waals surface area contributed by atoms with Gasteiger partial charge in [0.1, 0.15) is 0 Å². The SMILES string of the molecule is CNc1cccc(CN2CC(C)N(C=O)C(C)C2)c1Cl. The van der Waals surface area contributed by atoms with Gasteiger partial charge in [0, 0.05) is 38.8 Å². The number of hydrogen-bond acceptors (Lipinski definition) is 3. The second-order valence-corrected chi connectivity index (χ2v) is 5.85. The number of piperazine rings is 1. The summed E-state index contributed by atoms with van der Waals surface area (Å²) >= 11 is 6.40. The summed E-state index contributed by atoms with van der Waals surface area (Å²) in [6.07, 6.45) is 0.960. The molecule has 0 spiro atoms. The van der Waals surface area contributed by atoms with Crippen LogP contribution < -0.4 is 5.32 Å². The van der Waals surface area contributed by atoms with E-state index in [9.17, 15) is 4.79 Å². The molecule has 2 rings (SSSR count). The number of halogens is 1. The van der Waals surface area contributed by atoms with Crippen molar-refractivity contribution in [2.45, 2.75) is 32.5 Å². The van der Waals surface area contributed by atoms with Gasteiger partial charge >= 0.3 is 0 Å². The Morgan fingerprint density at radius 3 is 2.55 bits per heavy atom. The Morgan fingerprint density at radius 1 is 1.35 bits per heavy atom. The topological polar surface area (TPSA) is 35.6 Å². The van der Waals surface area contributed by atoms with Crippen LogP contribution >= 0.6 is 11.6 Å². The Bertz CT molecular complexity index is 468. The number of hydrogen-bond donors (Lipinski definition) is 1. The second-order valence-electron chi connectivity index (χ2n) is 5.47. The molecule has 2 atom stereocenters. The van der Waals surface area contributed by atoms with Gasteiger partial charge in [-0.3, -0.25) is 9.69 Å². The summed E-state index contributed by atoms with van der Waals surface area (Å²) in [4.78, 5) is 15.3. The molecule has 1 amide bonds. The number of nitrogens with zero attached hydrogens (tertiary/aromatic N) is 2. The monoisotopic (exact) mass is 295 g/mol. The molecule has 1 heterocycles. The van der Waals surface area contributed by atoms with Gasteiger partial charge in [-0.2, -0.15) is 0 Å². The molecule has 1 N–H and O–H groups in total. The maximum absolute atomic E-state index is 11.1. The number of anilines is 1. The third-order valence-electron chi connectivity index (χ3n) is 3.93. The highest BCUT2D eigenvalue weighted by Crippen LogP contribution is 2.27. The van der Waals surface area contributed by atoms with Gasteiger partial charge in [0.05, 0.1) is 10.7 Å². The maximum Gasteiger partial charge on any atom is 0.210 e. The third kappa shape index (κ3) is 3.07. The van der Waals surface area contributed by atoms with E-state index in [0.29, 0.717) is 0 Å². The molecule has 1 aliphatic rings. The fourth-order valence-corrected chi connectivity index (χ4v) is 3.20. The van der Waals surface area contributed by atoms with Crippen molar-refractivity contribution in [1.82, 2.24) is 9.80 Å². The molecule has 4 nitrogen and oxygen atoms in total. The molecular weight excluding hydrogens is 274 g/mol. The molecule has 20 heavy (non-hydrogen) atoms. The second kappa shape index (κ2) is 6.46. The van der Waals surface area contributed by atoms with E-state index in [1.54, 1.807) is 0 Å². The highest BCUT2D eigenvalue weighted by atomic mass is 35.5. The van der Waals surface area contributed by atoms with Gasteiger partial charge in [0.2, 0.25) is 6.41 Å². The van der Waals surface area contributed by atoms with E-state index in [0.717, 1.165) is 42.3 Å². The average molecular weight is 296 g/mol. The molecule has 0 aliphatic carbocycles. The third-order valence-corrected chi connectivity index (χ3v) is 4.37. The van der Waals surface area contributed by atoms with Gasteiger partial charge in [-0.25, -0.2) is 0 Å². The summed E-state index contributed by atoms with van der Waals surface area (Å²) in [7, 11) is 1.87. The summed E-state index contributed by atoms with van der Waals surface area (Å²) in [5.41, 5.74) is 2.08. The number of nitrogens with one attached hydrogen (secondary N) is 1. The van der Waals surface area contributed by atoms with Gasteiger partial charge in [-0.15, -0.1) is 0 Å². The number of carbonyl (C=O) groups excluding carboxylic acids is 1. The van der Waals surface area contributed by atoms with E-state index in [4.69, 9.17) is 11.6 Å². The van der Waals surface area contributed by atoms with Crippen LogP contribution in [0.15, 0.2) is 18.2 Å². The minimum Gasteiger partial charge on any atom is -0.387 e. The fraction of sp³-hybridized carbons (Fsp3) is 0.533. The minimum atomic E-state index is 0.238. The van der Waals surface area contributed by atoms with Crippen molar-refractivity contribution in [1.29, 1.82) is 0 Å². The molecule has 0 radical (unpaired) electrons. The zero-order valence-corrected chi connectivity index (χ0v) is 13.0. The number of rotatable bonds is 4. The lowest BCUT2D eigenvalue weighted by molar-refractivity contribution is -0.125. The summed E-state index contributed by atoms with van der Waals surface area (Å²) in [5, 5.41) is 3.89. The van der Waals surface area contributed by atoms with E-state index >= 15 is 0 Å². The normalized spacial score (nSPS) is 23.7. The molecule has 0 saturated carbocycles. The lowest BCUT2D eigenvalue weighted by Crippen LogP contribution is -2.55. The Kier molecular flexibility index (Phi) is 4.89. The first-order valence-electron chi connectivity index (χ1n) is 6.97. The molecule has 2 unspecified atom stereocenters. The first-order valence-corrected chi connectivity index (χ1v) is 7.34. The molecule has 1 aromatic rings. The summed E-state index contributed by atoms with van der Waals surface area (Å²) in [6, 6.07) is 6.53. The van der Waals surface area contributed by atoms with Crippen LogP contribution in [-0.2, 0) is 11.3 Å². The number of carbonyl (C=O) groups is 1. The number of amides is 1. The zero-order valence-electron chi connectivity index (χ0n) is 12.3. The van der Waals surface area contributed by atoms with Crippen LogP contribution in [0.2, 0.25) is 5.02 Å². The highest BCUT2D eigenvalue weighted by Gasteiger charge is 2.28. The lowest BCUT2D eigenvalue weighted by Gasteiger charge is -2.42. The van der Waals surface area contributed by atoms with E-state index in [-0.39, 0.29) is 12.1 Å². The summed E-state index contributed by atoms with van der Waals surface area (Å²) in [5.74, 6) is 0. The van der Waals surface area contributed by atoms with Crippen molar-refractivity contribution < 1.29 is 4.79 Å². The Labute approximate surface area is 125 Å². The van der Waals surface area contributed by atoms with Crippen molar-refractivity contribution in [3.63, 3.8) is 0 Å². The van der Waals surface area contributed by atoms with E-state index < -0.39 is 0 Å². The van der Waals surface area contributed by atoms with E-state index in [1.807, 2.05) is 24.1 Å². The molecule has 1 fully saturated rings. The van der Waals surface area contributed by atoms with Crippen molar-refractivity contribution >= 4 is 23.7 Å². The van der Waals surface area contributed by atoms with Gasteiger partial charge < -0.3 is 10.2 Å². The van der Waals surface area contributed by atoms with Gasteiger partial charge in [0.25, 0.3) is 0 Å². The van der Waals surface area contributed by atoms with Crippen molar-refractivity contribution in [3.05, 3.63) is 28.8 Å². The summed E-state index contributed by atoms with van der Waals surface area (Å²) in [6.45, 7) is 6.74. The van der Waals surface area contributed by atoms with Crippen LogP contribution in [0.4, 0.5) is 5.69 Å². The quantitative estimate of drug-likeness (QED) is 0.867. The molecule has 5 heteroatoms. The Hall–Kier alpha value is -1.26. The van der Waals surface area contributed by atoms with Crippen LogP contribution in [0, 0.1) is 0 Å². The van der Waals surface area contributed by atoms with Crippen LogP contribution in [-0.4, -0.2) is 48.4 Å². The molecule has 1 aliphatic heterocycles. The van der Waals surface area contributed by atoms with E-state index in [2.05, 4.69) is 30.1 Å². The van der Waals surface area contributed by atoms with Crippen LogP contribution in [0.1, 0.15) is 19.4 Å². The highest BCUT2D eigenvalue weighted by molar-refractivity contribution is 6.34. The van der Waals surface area contributed by atoms with Crippen molar-refractivity contribution in [2.75, 3.05) is 25.5 Å². The minimum absolute atomic E-state index is 0.238. The molecular formula is C15H22ClN3O. The predicted molar refractivity (Wildman–Crippen MR) is 83.1 cm³/mol. The average Bonchev–Trinajstić information content (AvgIpc) is 2.41. The molecule has 0 aromatic heterocycles. The van der Waals surface area contributed by atoms with Crippen LogP contribution in [0.3, 0.4) is 0 Å². The van der Waals surface area contributed by atoms with E-state index in [1.165, 1.54) is 0 Å². The molecule has 1 aromatic carbocycles. The van der Waals surface area contributed by atoms with Crippen molar-refractivity contribution in [3.8, 4) is 0 Å². The molecule has 0 bridgehead atoms. The van der Waals surface area contributed by atoms with Crippen LogP contribution in [0.25, 0.3) is 0 Å². The predicted octanol–water partition coefficient (Wildman–Crippen LogP) is 2.43. The standard InChI is InChI=1S/C15H22ClN3O/c1-11-7-18(8-12(2)19(11)10-20)9-13-5-4-6-14(17-3)15(13)16/h4-6,10-12,17H,7-9H2,1-3H3. The first kappa shape index (κ1) is 15.1. The Balaban J connectivity index is 2.10. The largest absolute Gasteiger partial charge is 0.387 e. The lowest BCUT2D eigenvalue weighted by atomic mass is 10.1. The molecule has 110 valence electrons.